The summed E-state index contributed by atoms with van der Waals surface area (Å²) < 4.78 is 7.34. The third-order valence-corrected chi connectivity index (χ3v) is 7.32. The van der Waals surface area contributed by atoms with Gasteiger partial charge in [-0.2, -0.15) is 4.57 Å². The molecule has 3 heteroatoms. The van der Waals surface area contributed by atoms with Crippen molar-refractivity contribution < 1.29 is 4.57 Å². The Kier molecular flexibility index (Phi) is 4.91. The summed E-state index contributed by atoms with van der Waals surface area (Å²) >= 11 is 0. The van der Waals surface area contributed by atoms with E-state index in [0.29, 0.717) is 11.8 Å². The molecule has 0 unspecified atom stereocenters. The predicted molar refractivity (Wildman–Crippen MR) is 142 cm³/mol. The van der Waals surface area contributed by atoms with Crippen molar-refractivity contribution in [1.82, 2.24) is 9.13 Å². The second-order valence-corrected chi connectivity index (χ2v) is 10.8. The van der Waals surface area contributed by atoms with E-state index >= 15 is 0 Å². The molecule has 5 aromatic rings. The molecule has 3 aromatic carbocycles. The van der Waals surface area contributed by atoms with Crippen molar-refractivity contribution in [3.05, 3.63) is 83.7 Å². The fourth-order valence-electron chi connectivity index (χ4n) is 6.06. The van der Waals surface area contributed by atoms with E-state index in [0.717, 1.165) is 19.4 Å². The van der Waals surface area contributed by atoms with Crippen molar-refractivity contribution in [1.29, 1.82) is 0 Å². The maximum atomic E-state index is 2.50. The highest BCUT2D eigenvalue weighted by atomic mass is 15.2. The minimum atomic E-state index is 0.567. The van der Waals surface area contributed by atoms with E-state index in [1.54, 1.807) is 0 Å². The number of benzene rings is 3. The molecule has 1 aliphatic rings. The first-order valence-electron chi connectivity index (χ1n) is 12.6. The normalized spacial score (nSPS) is 12.9. The number of fused-ring (bicyclic) bond motifs is 6. The summed E-state index contributed by atoms with van der Waals surface area (Å²) in [7, 11) is 2.24. The van der Waals surface area contributed by atoms with Gasteiger partial charge in [0.2, 0.25) is 0 Å². The van der Waals surface area contributed by atoms with Crippen LogP contribution in [0, 0.1) is 11.8 Å². The maximum Gasteiger partial charge on any atom is 0.294 e. The average Bonchev–Trinajstić information content (AvgIpc) is 3.45. The molecule has 0 fully saturated rings. The van der Waals surface area contributed by atoms with Crippen LogP contribution >= 0.6 is 0 Å². The van der Waals surface area contributed by atoms with Crippen molar-refractivity contribution >= 4 is 21.8 Å². The number of nitrogens with zero attached hydrogens (tertiary/aromatic N) is 3. The van der Waals surface area contributed by atoms with E-state index in [1.165, 1.54) is 55.6 Å². The molecule has 0 N–H and O–H groups in total. The first kappa shape index (κ1) is 21.2. The van der Waals surface area contributed by atoms with Crippen molar-refractivity contribution in [3.8, 4) is 17.1 Å². The van der Waals surface area contributed by atoms with Gasteiger partial charge in [-0.15, -0.1) is 0 Å². The zero-order valence-corrected chi connectivity index (χ0v) is 21.0. The van der Waals surface area contributed by atoms with Gasteiger partial charge in [0.25, 0.3) is 5.82 Å². The highest BCUT2D eigenvalue weighted by Crippen LogP contribution is 2.39. The van der Waals surface area contributed by atoms with Crippen molar-refractivity contribution in [2.24, 2.45) is 18.9 Å². The number of rotatable bonds is 5. The Labute approximate surface area is 202 Å². The summed E-state index contributed by atoms with van der Waals surface area (Å²) in [6.07, 6.45) is 6.68. The van der Waals surface area contributed by atoms with Gasteiger partial charge in [0, 0.05) is 40.0 Å². The number of para-hydroxylation sites is 1. The predicted octanol–water partition coefficient (Wildman–Crippen LogP) is 6.84. The Bertz CT molecular complexity index is 1540. The van der Waals surface area contributed by atoms with Gasteiger partial charge in [0.15, 0.2) is 0 Å². The fraction of sp³-hybridized carbons (Fsp3) is 0.323. The standard InChI is InChI=1S/C31H34N3/c1-20(2)16-23-18-26-25-12-8-9-13-28(25)32(5)30(26)27(17-21(3)4)29(23)34-15-14-33-19-22-10-6-7-11-24(22)31(33)34/h6-15,18,20-21H,16-17,19H2,1-5H3/q+1. The van der Waals surface area contributed by atoms with Crippen LogP contribution in [0.15, 0.2) is 67.0 Å². The highest BCUT2D eigenvalue weighted by Gasteiger charge is 2.33. The van der Waals surface area contributed by atoms with Gasteiger partial charge >= 0.3 is 0 Å². The molecule has 0 radical (unpaired) electrons. The largest absolute Gasteiger partial charge is 0.343 e. The molecule has 0 spiro atoms. The molecule has 3 heterocycles. The van der Waals surface area contributed by atoms with Crippen LogP contribution in [-0.2, 0) is 26.4 Å². The van der Waals surface area contributed by atoms with E-state index < -0.39 is 0 Å². The lowest BCUT2D eigenvalue weighted by molar-refractivity contribution is -0.671. The summed E-state index contributed by atoms with van der Waals surface area (Å²) in [5.74, 6) is 2.46. The van der Waals surface area contributed by atoms with Gasteiger partial charge in [0.05, 0.1) is 11.1 Å². The van der Waals surface area contributed by atoms with Gasteiger partial charge in [-0.05, 0) is 42.9 Å². The molecule has 6 rings (SSSR count). The van der Waals surface area contributed by atoms with E-state index in [-0.39, 0.29) is 0 Å². The van der Waals surface area contributed by atoms with Crippen LogP contribution in [0.5, 0.6) is 0 Å². The minimum absolute atomic E-state index is 0.567. The molecule has 2 aromatic heterocycles. The molecule has 0 amide bonds. The molecule has 0 aliphatic carbocycles. The van der Waals surface area contributed by atoms with Crippen LogP contribution in [0.25, 0.3) is 38.9 Å². The summed E-state index contributed by atoms with van der Waals surface area (Å²) in [6, 6.07) is 20.3. The Balaban J connectivity index is 1.75. The molecule has 34 heavy (non-hydrogen) atoms. The Morgan fingerprint density at radius 2 is 1.62 bits per heavy atom. The number of hydrogen-bond donors (Lipinski definition) is 0. The Morgan fingerprint density at radius 1 is 0.882 bits per heavy atom. The zero-order valence-electron chi connectivity index (χ0n) is 21.0. The molecule has 0 saturated heterocycles. The van der Waals surface area contributed by atoms with Gasteiger partial charge in [-0.1, -0.05) is 64.1 Å². The lowest BCUT2D eigenvalue weighted by Gasteiger charge is -2.18. The molecule has 0 bridgehead atoms. The highest BCUT2D eigenvalue weighted by molar-refractivity contribution is 6.10. The SMILES string of the molecule is CC(C)Cc1cc2c3ccccc3n(C)c2c(CC(C)C)c1-n1cc[n+]2c1-c1ccccc1C2. The van der Waals surface area contributed by atoms with Crippen molar-refractivity contribution in [2.45, 2.75) is 47.1 Å². The molecular weight excluding hydrogens is 414 g/mol. The van der Waals surface area contributed by atoms with E-state index in [1.807, 2.05) is 0 Å². The second-order valence-electron chi connectivity index (χ2n) is 10.8. The second kappa shape index (κ2) is 7.87. The fourth-order valence-corrected chi connectivity index (χ4v) is 6.06. The summed E-state index contributed by atoms with van der Waals surface area (Å²) in [6.45, 7) is 10.3. The third-order valence-electron chi connectivity index (χ3n) is 7.32. The van der Waals surface area contributed by atoms with Crippen molar-refractivity contribution in [2.75, 3.05) is 0 Å². The summed E-state index contributed by atoms with van der Waals surface area (Å²) in [4.78, 5) is 0. The topological polar surface area (TPSA) is 13.7 Å². The van der Waals surface area contributed by atoms with Gasteiger partial charge in [0.1, 0.15) is 24.6 Å². The van der Waals surface area contributed by atoms with Gasteiger partial charge < -0.3 is 4.57 Å². The van der Waals surface area contributed by atoms with Gasteiger partial charge in [-0.25, -0.2) is 4.57 Å². The van der Waals surface area contributed by atoms with Crippen LogP contribution in [-0.4, -0.2) is 9.13 Å². The average molecular weight is 449 g/mol. The van der Waals surface area contributed by atoms with Crippen molar-refractivity contribution in [3.63, 3.8) is 0 Å². The first-order valence-corrected chi connectivity index (χ1v) is 12.6. The molecule has 0 saturated carbocycles. The molecular formula is C31H34N3+. The monoisotopic (exact) mass is 448 g/mol. The van der Waals surface area contributed by atoms with E-state index in [4.69, 9.17) is 0 Å². The maximum absolute atomic E-state index is 2.50. The number of aromatic nitrogens is 3. The smallest absolute Gasteiger partial charge is 0.294 e. The third kappa shape index (κ3) is 3.14. The van der Waals surface area contributed by atoms with Crippen LogP contribution in [0.1, 0.15) is 44.4 Å². The quantitative estimate of drug-likeness (QED) is 0.256. The van der Waals surface area contributed by atoms with Crippen LogP contribution in [0.4, 0.5) is 0 Å². The first-order chi connectivity index (χ1) is 16.4. The van der Waals surface area contributed by atoms with Crippen LogP contribution < -0.4 is 4.57 Å². The lowest BCUT2D eigenvalue weighted by atomic mass is 9.91. The van der Waals surface area contributed by atoms with Crippen LogP contribution in [0.2, 0.25) is 0 Å². The molecule has 1 aliphatic heterocycles. The summed E-state index contributed by atoms with van der Waals surface area (Å²) in [5, 5.41) is 2.75. The number of hydrogen-bond acceptors (Lipinski definition) is 0. The number of imidazole rings is 1. The Hall–Kier alpha value is -3.33. The van der Waals surface area contributed by atoms with E-state index in [2.05, 4.69) is 115 Å². The minimum Gasteiger partial charge on any atom is -0.343 e. The molecule has 0 atom stereocenters. The molecule has 3 nitrogen and oxygen atoms in total. The Morgan fingerprint density at radius 3 is 2.41 bits per heavy atom. The molecule has 172 valence electrons. The van der Waals surface area contributed by atoms with Gasteiger partial charge in [-0.3, -0.25) is 0 Å². The number of aryl methyl sites for hydroxylation is 1. The summed E-state index contributed by atoms with van der Waals surface area (Å²) in [5.41, 5.74) is 9.79. The zero-order chi connectivity index (χ0) is 23.6. The van der Waals surface area contributed by atoms with Crippen LogP contribution in [0.3, 0.4) is 0 Å². The lowest BCUT2D eigenvalue weighted by Crippen LogP contribution is -2.30. The van der Waals surface area contributed by atoms with E-state index in [9.17, 15) is 0 Å².